The highest BCUT2D eigenvalue weighted by molar-refractivity contribution is 5.68. The van der Waals surface area contributed by atoms with Crippen molar-refractivity contribution in [3.63, 3.8) is 0 Å². The molecule has 1 fully saturated rings. The van der Waals surface area contributed by atoms with Crippen LogP contribution in [-0.2, 0) is 4.74 Å². The molecule has 5 heteroatoms. The van der Waals surface area contributed by atoms with Gasteiger partial charge in [-0.25, -0.2) is 4.79 Å². The summed E-state index contributed by atoms with van der Waals surface area (Å²) in [6.07, 6.45) is 3.33. The van der Waals surface area contributed by atoms with E-state index in [0.29, 0.717) is 18.0 Å². The van der Waals surface area contributed by atoms with Gasteiger partial charge in [0.15, 0.2) is 0 Å². The Morgan fingerprint density at radius 1 is 1.32 bits per heavy atom. The Hall–Kier alpha value is -2.06. The molecule has 0 atom stereocenters. The number of aliphatic hydroxyl groups excluding tert-OH is 1. The molecule has 1 saturated carbocycles. The molecule has 25 heavy (non-hydrogen) atoms. The topological polar surface area (TPSA) is 73.6 Å². The Bertz CT molecular complexity index is 623. The molecule has 1 aliphatic carbocycles. The second-order valence-electron chi connectivity index (χ2n) is 7.64. The maximum absolute atomic E-state index is 12.4. The van der Waals surface area contributed by atoms with Crippen molar-refractivity contribution >= 4 is 6.09 Å². The highest BCUT2D eigenvalue weighted by atomic mass is 16.6. The molecule has 1 N–H and O–H groups in total. The van der Waals surface area contributed by atoms with E-state index in [-0.39, 0.29) is 18.7 Å². The number of benzene rings is 1. The van der Waals surface area contributed by atoms with Gasteiger partial charge in [-0.15, -0.1) is 0 Å². The number of rotatable bonds is 4. The van der Waals surface area contributed by atoms with E-state index >= 15 is 0 Å². The summed E-state index contributed by atoms with van der Waals surface area (Å²) in [7, 11) is 0. The van der Waals surface area contributed by atoms with E-state index in [9.17, 15) is 9.90 Å². The second-order valence-corrected chi connectivity index (χ2v) is 7.64. The Morgan fingerprint density at radius 3 is 2.56 bits per heavy atom. The predicted octanol–water partition coefficient (Wildman–Crippen LogP) is 3.81. The number of carbonyl (C=O) groups is 1. The van der Waals surface area contributed by atoms with Gasteiger partial charge in [-0.1, -0.05) is 12.1 Å². The smallest absolute Gasteiger partial charge is 0.410 e. The lowest BCUT2D eigenvalue weighted by atomic mass is 9.81. The van der Waals surface area contributed by atoms with Gasteiger partial charge >= 0.3 is 6.09 Å². The van der Waals surface area contributed by atoms with E-state index in [1.165, 1.54) is 5.56 Å². The van der Waals surface area contributed by atoms with Gasteiger partial charge in [-0.05, 0) is 70.1 Å². The lowest BCUT2D eigenvalue weighted by molar-refractivity contribution is 0.00759. The molecule has 0 spiro atoms. The molecule has 0 unspecified atom stereocenters. The van der Waals surface area contributed by atoms with Gasteiger partial charge in [0.2, 0.25) is 0 Å². The molecule has 0 radical (unpaired) electrons. The van der Waals surface area contributed by atoms with Crippen LogP contribution < -0.4 is 0 Å². The van der Waals surface area contributed by atoms with Gasteiger partial charge in [0.1, 0.15) is 5.60 Å². The molecular weight excluding hydrogens is 316 g/mol. The molecule has 1 aromatic carbocycles. The van der Waals surface area contributed by atoms with Crippen LogP contribution in [0.2, 0.25) is 0 Å². The van der Waals surface area contributed by atoms with Crippen LogP contribution in [0.3, 0.4) is 0 Å². The van der Waals surface area contributed by atoms with Crippen molar-refractivity contribution in [2.24, 2.45) is 0 Å². The molecule has 1 aliphatic rings. The van der Waals surface area contributed by atoms with Crippen molar-refractivity contribution in [2.75, 3.05) is 13.2 Å². The molecule has 1 aromatic rings. The normalized spacial score (nSPS) is 20.6. The third-order valence-corrected chi connectivity index (χ3v) is 4.59. The van der Waals surface area contributed by atoms with E-state index in [4.69, 9.17) is 10.00 Å². The number of ether oxygens (including phenoxy) is 1. The summed E-state index contributed by atoms with van der Waals surface area (Å²) in [5.41, 5.74) is 1.35. The number of nitriles is 1. The molecule has 0 saturated heterocycles. The van der Waals surface area contributed by atoms with Gasteiger partial charge in [0.25, 0.3) is 0 Å². The number of amides is 1. The molecule has 0 heterocycles. The van der Waals surface area contributed by atoms with Gasteiger partial charge in [0.05, 0.1) is 18.2 Å². The van der Waals surface area contributed by atoms with Crippen molar-refractivity contribution < 1.29 is 14.6 Å². The Balaban J connectivity index is 2.00. The highest BCUT2D eigenvalue weighted by Crippen LogP contribution is 2.35. The summed E-state index contributed by atoms with van der Waals surface area (Å²) in [4.78, 5) is 14.1. The summed E-state index contributed by atoms with van der Waals surface area (Å²) in [5, 5.41) is 18.4. The molecule has 0 aromatic heterocycles. The number of nitrogens with zero attached hydrogens (tertiary/aromatic N) is 2. The molecule has 136 valence electrons. The number of carbonyl (C=O) groups excluding carboxylic acids is 1. The van der Waals surface area contributed by atoms with Crippen LogP contribution >= 0.6 is 0 Å². The average Bonchev–Trinajstić information content (AvgIpc) is 2.58. The van der Waals surface area contributed by atoms with Gasteiger partial charge in [0, 0.05) is 12.6 Å². The standard InChI is InChI=1S/C20H28N2O3/c1-20(2,3)25-19(24)22(11-12-23)18-9-7-16(8-10-18)17-6-4-5-15(13-17)14-21/h4-6,13,16,18,23H,7-12H2,1-3H3. The maximum Gasteiger partial charge on any atom is 0.410 e. The quantitative estimate of drug-likeness (QED) is 0.901. The number of hydrogen-bond acceptors (Lipinski definition) is 4. The minimum absolute atomic E-state index is 0.0661. The maximum atomic E-state index is 12.4. The Labute approximate surface area is 150 Å². The third-order valence-electron chi connectivity index (χ3n) is 4.59. The van der Waals surface area contributed by atoms with Gasteiger partial charge in [-0.3, -0.25) is 0 Å². The van der Waals surface area contributed by atoms with Crippen LogP contribution in [0.5, 0.6) is 0 Å². The molecular formula is C20H28N2O3. The first kappa shape index (κ1) is 19.3. The highest BCUT2D eigenvalue weighted by Gasteiger charge is 2.31. The first-order chi connectivity index (χ1) is 11.8. The van der Waals surface area contributed by atoms with Gasteiger partial charge in [-0.2, -0.15) is 5.26 Å². The zero-order valence-corrected chi connectivity index (χ0v) is 15.4. The number of aliphatic hydroxyl groups is 1. The SMILES string of the molecule is CC(C)(C)OC(=O)N(CCO)C1CCC(c2cccc(C#N)c2)CC1. The molecule has 0 aliphatic heterocycles. The van der Waals surface area contributed by atoms with Crippen LogP contribution in [0.15, 0.2) is 24.3 Å². The zero-order chi connectivity index (χ0) is 18.4. The predicted molar refractivity (Wildman–Crippen MR) is 96.2 cm³/mol. The van der Waals surface area contributed by atoms with Crippen molar-refractivity contribution in [1.82, 2.24) is 4.90 Å². The fourth-order valence-corrected chi connectivity index (χ4v) is 3.43. The van der Waals surface area contributed by atoms with Crippen LogP contribution in [0.1, 0.15) is 63.5 Å². The van der Waals surface area contributed by atoms with Gasteiger partial charge < -0.3 is 14.7 Å². The lowest BCUT2D eigenvalue weighted by Gasteiger charge is -2.37. The fourth-order valence-electron chi connectivity index (χ4n) is 3.43. The summed E-state index contributed by atoms with van der Waals surface area (Å²) in [5.74, 6) is 0.416. The van der Waals surface area contributed by atoms with E-state index in [1.54, 1.807) is 4.90 Å². The first-order valence-corrected chi connectivity index (χ1v) is 8.94. The van der Waals surface area contributed by atoms with Crippen LogP contribution in [-0.4, -0.2) is 40.9 Å². The van der Waals surface area contributed by atoms with Crippen LogP contribution in [0, 0.1) is 11.3 Å². The minimum atomic E-state index is -0.542. The van der Waals surface area contributed by atoms with E-state index in [2.05, 4.69) is 12.1 Å². The average molecular weight is 344 g/mol. The molecule has 5 nitrogen and oxygen atoms in total. The lowest BCUT2D eigenvalue weighted by Crippen LogP contribution is -2.46. The summed E-state index contributed by atoms with van der Waals surface area (Å²) in [6, 6.07) is 10.1. The summed E-state index contributed by atoms with van der Waals surface area (Å²) in [6.45, 7) is 5.78. The van der Waals surface area contributed by atoms with Crippen molar-refractivity contribution in [3.8, 4) is 6.07 Å². The molecule has 0 bridgehead atoms. The van der Waals surface area contributed by atoms with Crippen molar-refractivity contribution in [2.45, 2.75) is 64.0 Å². The minimum Gasteiger partial charge on any atom is -0.444 e. The van der Waals surface area contributed by atoms with E-state index in [1.807, 2.05) is 39.0 Å². The first-order valence-electron chi connectivity index (χ1n) is 8.94. The second kappa shape index (κ2) is 8.35. The summed E-state index contributed by atoms with van der Waals surface area (Å²) >= 11 is 0. The Kier molecular flexibility index (Phi) is 6.44. The van der Waals surface area contributed by atoms with Crippen LogP contribution in [0.4, 0.5) is 4.79 Å². The zero-order valence-electron chi connectivity index (χ0n) is 15.4. The summed E-state index contributed by atoms with van der Waals surface area (Å²) < 4.78 is 5.49. The van der Waals surface area contributed by atoms with E-state index in [0.717, 1.165) is 25.7 Å². The molecule has 2 rings (SSSR count). The van der Waals surface area contributed by atoms with Crippen molar-refractivity contribution in [3.05, 3.63) is 35.4 Å². The van der Waals surface area contributed by atoms with E-state index < -0.39 is 5.60 Å². The fraction of sp³-hybridized carbons (Fsp3) is 0.600. The largest absolute Gasteiger partial charge is 0.444 e. The van der Waals surface area contributed by atoms with Crippen molar-refractivity contribution in [1.29, 1.82) is 5.26 Å². The third kappa shape index (κ3) is 5.47. The Morgan fingerprint density at radius 2 is 2.00 bits per heavy atom. The number of hydrogen-bond donors (Lipinski definition) is 1. The molecule has 1 amide bonds. The monoisotopic (exact) mass is 344 g/mol. The van der Waals surface area contributed by atoms with Crippen LogP contribution in [0.25, 0.3) is 0 Å².